The van der Waals surface area contributed by atoms with Crippen molar-refractivity contribution in [3.05, 3.63) is 23.8 Å². The monoisotopic (exact) mass is 564 g/mol. The fraction of sp³-hybridized carbons (Fsp3) is 0. The third kappa shape index (κ3) is 10.9. The van der Waals surface area contributed by atoms with Crippen molar-refractivity contribution in [1.82, 2.24) is 0 Å². The zero-order chi connectivity index (χ0) is 21.3. The van der Waals surface area contributed by atoms with Crippen LogP contribution in [0.15, 0.2) is 18.2 Å². The van der Waals surface area contributed by atoms with Gasteiger partial charge in [0.2, 0.25) is 0 Å². The highest BCUT2D eigenvalue weighted by molar-refractivity contribution is 8.07. The summed E-state index contributed by atoms with van der Waals surface area (Å²) in [6.45, 7) is 0. The number of benzene rings is 1. The van der Waals surface area contributed by atoms with Crippen LogP contribution < -0.4 is 9.05 Å². The summed E-state index contributed by atoms with van der Waals surface area (Å²) < 4.78 is 62.3. The van der Waals surface area contributed by atoms with E-state index in [1.165, 1.54) is 0 Å². The lowest BCUT2D eigenvalue weighted by molar-refractivity contribution is 0.108. The fourth-order valence-corrected chi connectivity index (χ4v) is 7.18. The largest absolute Gasteiger partial charge is 0.534 e. The maximum Gasteiger partial charge on any atom is 0.534 e. The minimum atomic E-state index is -5.18. The van der Waals surface area contributed by atoms with Gasteiger partial charge in [0, 0.05) is 11.6 Å². The van der Waals surface area contributed by atoms with Gasteiger partial charge in [0.05, 0.1) is 0 Å². The molecule has 0 saturated heterocycles. The summed E-state index contributed by atoms with van der Waals surface area (Å²) in [5.41, 5.74) is -0.468. The maximum atomic E-state index is 11.7. The van der Waals surface area contributed by atoms with Crippen molar-refractivity contribution in [2.75, 3.05) is 0 Å². The smallest absolute Gasteiger partial charge is 0.404 e. The average molecular weight is 566 g/mol. The number of hydrogen-bond acceptors (Lipinski definition) is 9. The van der Waals surface area contributed by atoms with Crippen LogP contribution in [0.1, 0.15) is 10.4 Å². The molecule has 2 atom stereocenters. The Hall–Kier alpha value is 0.700. The second kappa shape index (κ2) is 9.23. The molecule has 20 heteroatoms. The minimum absolute atomic E-state index is 0.468. The van der Waals surface area contributed by atoms with Crippen LogP contribution in [0.2, 0.25) is 0 Å². The summed E-state index contributed by atoms with van der Waals surface area (Å²) in [4.78, 5) is 30.1. The molecular weight excluding hydrogens is 561 g/mol. The summed E-state index contributed by atoms with van der Waals surface area (Å²) in [5, 5.41) is -1.16. The number of rotatable bonds is 9. The first kappa shape index (κ1) is 25.7. The molecule has 2 unspecified atom stereocenters. The molecule has 0 bridgehead atoms. The first-order valence-electron chi connectivity index (χ1n) is 5.69. The summed E-state index contributed by atoms with van der Waals surface area (Å²) in [5.74, 6) is -1.41. The first-order chi connectivity index (χ1) is 11.9. The highest BCUT2D eigenvalue weighted by Crippen LogP contribution is 2.69. The molecule has 0 fully saturated rings. The summed E-state index contributed by atoms with van der Waals surface area (Å²) in [7, 11) is -10.4. The van der Waals surface area contributed by atoms with E-state index in [0.29, 0.717) is 6.07 Å². The fourth-order valence-electron chi connectivity index (χ4n) is 1.33. The Morgan fingerprint density at radius 3 is 1.37 bits per heavy atom. The second-order valence-corrected chi connectivity index (χ2v) is 16.0. The zero-order valence-electron chi connectivity index (χ0n) is 12.0. The van der Waals surface area contributed by atoms with E-state index in [4.69, 9.17) is 56.6 Å². The summed E-state index contributed by atoms with van der Waals surface area (Å²) in [6.07, 6.45) is -9.01. The second-order valence-electron chi connectivity index (χ2n) is 4.08. The predicted octanol–water partition coefficient (Wildman–Crippen LogP) is 6.23. The number of hydrogen-bond donors (Lipinski definition) is 2. The molecule has 1 aromatic rings. The lowest BCUT2D eigenvalue weighted by atomic mass is 10.2. The Bertz CT molecular complexity index is 859. The van der Waals surface area contributed by atoms with Gasteiger partial charge in [-0.1, -0.05) is 0 Å². The van der Waals surface area contributed by atoms with Crippen molar-refractivity contribution in [1.29, 1.82) is 0 Å². The van der Waals surface area contributed by atoms with E-state index in [9.17, 15) is 32.8 Å². The van der Waals surface area contributed by atoms with Crippen molar-refractivity contribution < 1.29 is 50.5 Å². The molecule has 0 aliphatic carbocycles. The van der Waals surface area contributed by atoms with Gasteiger partial charge in [-0.15, -0.1) is 0 Å². The van der Waals surface area contributed by atoms with Gasteiger partial charge in [-0.3, -0.25) is 23.7 Å². The third-order valence-electron chi connectivity index (χ3n) is 1.95. The van der Waals surface area contributed by atoms with E-state index >= 15 is 0 Å². The van der Waals surface area contributed by atoms with Crippen LogP contribution in [0.3, 0.4) is 0 Å². The van der Waals surface area contributed by atoms with Crippen LogP contribution in [-0.4, -0.2) is 15.0 Å². The van der Waals surface area contributed by atoms with Crippen LogP contribution >= 0.6 is 84.4 Å². The molecule has 0 radical (unpaired) electrons. The summed E-state index contributed by atoms with van der Waals surface area (Å²) in [6, 6.07) is 2.22. The molecular formula is C7H5Cl5O11P4. The van der Waals surface area contributed by atoms with Gasteiger partial charge >= 0.3 is 27.8 Å². The molecule has 2 N–H and O–H groups in total. The topological polar surface area (TPSA) is 163 Å². The minimum Gasteiger partial charge on any atom is -0.404 e. The highest BCUT2D eigenvalue weighted by atomic mass is 35.9. The Morgan fingerprint density at radius 2 is 1.11 bits per heavy atom. The average Bonchev–Trinajstić information content (AvgIpc) is 2.29. The maximum absolute atomic E-state index is 11.7. The lowest BCUT2D eigenvalue weighted by Gasteiger charge is -2.16. The van der Waals surface area contributed by atoms with Crippen molar-refractivity contribution in [3.63, 3.8) is 0 Å². The molecule has 0 aromatic heterocycles. The van der Waals surface area contributed by atoms with E-state index < -0.39 is 50.1 Å². The van der Waals surface area contributed by atoms with Gasteiger partial charge in [-0.2, -0.15) is 8.62 Å². The standard InChI is InChI=1S/C7H5Cl5O11P4/c8-7(13)4-1-5(20-26(16,17)22-24(9,10)14)3-6(2-4)21-27(18,19)23-25(11,12)15/h1-3H,(H,16,17)(H,18,19). The van der Waals surface area contributed by atoms with Crippen LogP contribution in [0.4, 0.5) is 0 Å². The van der Waals surface area contributed by atoms with Crippen LogP contribution in [0.5, 0.6) is 11.5 Å². The SMILES string of the molecule is O=C(Cl)c1cc(OP(=O)(O)OP(=O)(Cl)Cl)cc(OP(=O)(O)OP(=O)(Cl)Cl)c1. The normalized spacial score (nSPS) is 16.9. The Balaban J connectivity index is 3.24. The number of phosphoric ester groups is 2. The van der Waals surface area contributed by atoms with Gasteiger partial charge in [-0.05, 0) is 68.7 Å². The predicted molar refractivity (Wildman–Crippen MR) is 98.3 cm³/mol. The van der Waals surface area contributed by atoms with E-state index in [1.54, 1.807) is 0 Å². The Kier molecular flexibility index (Phi) is 8.80. The highest BCUT2D eigenvalue weighted by Gasteiger charge is 2.35. The molecule has 0 aliphatic rings. The quantitative estimate of drug-likeness (QED) is 0.257. The van der Waals surface area contributed by atoms with Crippen LogP contribution in [0, 0.1) is 0 Å². The molecule has 11 nitrogen and oxygen atoms in total. The number of carbonyl (C=O) groups is 1. The van der Waals surface area contributed by atoms with Crippen LogP contribution in [0.25, 0.3) is 0 Å². The molecule has 1 aromatic carbocycles. The number of phosphoric acid groups is 2. The van der Waals surface area contributed by atoms with E-state index in [1.807, 2.05) is 0 Å². The molecule has 0 aliphatic heterocycles. The van der Waals surface area contributed by atoms with Gasteiger partial charge < -0.3 is 9.05 Å². The molecule has 0 spiro atoms. The van der Waals surface area contributed by atoms with E-state index in [2.05, 4.69) is 17.7 Å². The van der Waals surface area contributed by atoms with E-state index in [-0.39, 0.29) is 0 Å². The third-order valence-corrected chi connectivity index (χ3v) is 8.44. The molecule has 1 rings (SSSR count). The zero-order valence-corrected chi connectivity index (χ0v) is 19.3. The van der Waals surface area contributed by atoms with Gasteiger partial charge in [-0.25, -0.2) is 9.13 Å². The summed E-state index contributed by atoms with van der Waals surface area (Å²) >= 11 is 25.2. The van der Waals surface area contributed by atoms with Gasteiger partial charge in [0.15, 0.2) is 0 Å². The Labute approximate surface area is 175 Å². The lowest BCUT2D eigenvalue weighted by Crippen LogP contribution is -1.99. The molecule has 27 heavy (non-hydrogen) atoms. The van der Waals surface area contributed by atoms with E-state index in [0.717, 1.165) is 12.1 Å². The van der Waals surface area contributed by atoms with Gasteiger partial charge in [0.1, 0.15) is 11.5 Å². The van der Waals surface area contributed by atoms with Crippen molar-refractivity contribution in [2.24, 2.45) is 0 Å². The molecule has 0 amide bonds. The van der Waals surface area contributed by atoms with Crippen molar-refractivity contribution in [2.45, 2.75) is 0 Å². The first-order valence-corrected chi connectivity index (χ1v) is 15.9. The molecule has 0 heterocycles. The van der Waals surface area contributed by atoms with Crippen molar-refractivity contribution in [3.8, 4) is 11.5 Å². The molecule has 0 saturated carbocycles. The number of halogens is 5. The Morgan fingerprint density at radius 1 is 0.778 bits per heavy atom. The van der Waals surface area contributed by atoms with Crippen molar-refractivity contribution >= 4 is 89.6 Å². The molecule has 154 valence electrons. The van der Waals surface area contributed by atoms with Gasteiger partial charge in [0.25, 0.3) is 5.24 Å². The van der Waals surface area contributed by atoms with Crippen LogP contribution in [-0.2, 0) is 26.9 Å². The number of carbonyl (C=O) groups excluding carboxylic acids is 1.